The quantitative estimate of drug-likeness (QED) is 0.612. The van der Waals surface area contributed by atoms with E-state index in [9.17, 15) is 9.18 Å². The van der Waals surface area contributed by atoms with E-state index in [1.165, 1.54) is 0 Å². The Morgan fingerprint density at radius 2 is 2.24 bits per heavy atom. The van der Waals surface area contributed by atoms with Crippen molar-refractivity contribution in [2.45, 2.75) is 44.7 Å². The van der Waals surface area contributed by atoms with Crippen molar-refractivity contribution in [1.29, 1.82) is 0 Å². The highest BCUT2D eigenvalue weighted by molar-refractivity contribution is 6.21. The molecule has 1 fully saturated rings. The number of carbonyl (C=O) groups is 1. The molecule has 0 radical (unpaired) electrons. The zero-order valence-electron chi connectivity index (χ0n) is 10.5. The molecule has 0 heterocycles. The Labute approximate surface area is 108 Å². The first-order chi connectivity index (χ1) is 7.91. The van der Waals surface area contributed by atoms with Crippen LogP contribution in [-0.2, 0) is 4.79 Å². The molecule has 1 saturated carbocycles. The Morgan fingerprint density at radius 3 is 2.82 bits per heavy atom. The van der Waals surface area contributed by atoms with Gasteiger partial charge in [0.15, 0.2) is 0 Å². The molecule has 0 aliphatic heterocycles. The van der Waals surface area contributed by atoms with Crippen molar-refractivity contribution in [3.05, 3.63) is 12.2 Å². The van der Waals surface area contributed by atoms with Crippen molar-refractivity contribution in [2.75, 3.05) is 6.54 Å². The Bertz CT molecular complexity index is 293. The summed E-state index contributed by atoms with van der Waals surface area (Å²) in [4.78, 5) is 11.6. The summed E-state index contributed by atoms with van der Waals surface area (Å²) < 4.78 is 13.6. The highest BCUT2D eigenvalue weighted by atomic mass is 35.5. The van der Waals surface area contributed by atoms with Crippen molar-refractivity contribution in [2.24, 2.45) is 11.8 Å². The van der Waals surface area contributed by atoms with Gasteiger partial charge >= 0.3 is 0 Å². The van der Waals surface area contributed by atoms with Gasteiger partial charge in [0.25, 0.3) is 0 Å². The second kappa shape index (κ2) is 6.39. The summed E-state index contributed by atoms with van der Waals surface area (Å²) in [6.07, 6.45) is 0.524. The van der Waals surface area contributed by atoms with Gasteiger partial charge in [-0.15, -0.1) is 11.6 Å². The van der Waals surface area contributed by atoms with Gasteiger partial charge in [-0.2, -0.15) is 0 Å². The number of hydrogen-bond acceptors (Lipinski definition) is 1. The van der Waals surface area contributed by atoms with Crippen LogP contribution in [0, 0.1) is 11.8 Å². The topological polar surface area (TPSA) is 29.1 Å². The molecule has 1 aliphatic carbocycles. The number of amides is 1. The lowest BCUT2D eigenvalue weighted by molar-refractivity contribution is -0.122. The highest BCUT2D eigenvalue weighted by Crippen LogP contribution is 2.35. The second-order valence-corrected chi connectivity index (χ2v) is 5.73. The average Bonchev–Trinajstić information content (AvgIpc) is 2.27. The summed E-state index contributed by atoms with van der Waals surface area (Å²) in [5.41, 5.74) is 0.482. The molecular weight excluding hydrogens is 241 g/mol. The van der Waals surface area contributed by atoms with E-state index in [4.69, 9.17) is 11.6 Å². The predicted octanol–water partition coefficient (Wildman–Crippen LogP) is 3.06. The first-order valence-corrected chi connectivity index (χ1v) is 6.59. The van der Waals surface area contributed by atoms with Crippen LogP contribution >= 0.6 is 11.6 Å². The predicted molar refractivity (Wildman–Crippen MR) is 68.9 cm³/mol. The van der Waals surface area contributed by atoms with Crippen molar-refractivity contribution >= 4 is 17.5 Å². The van der Waals surface area contributed by atoms with Gasteiger partial charge in [0.2, 0.25) is 5.91 Å². The molecular formula is C13H21ClFNO. The van der Waals surface area contributed by atoms with Crippen molar-refractivity contribution in [3.63, 3.8) is 0 Å². The number of hydrogen-bond donors (Lipinski definition) is 1. The number of alkyl halides is 2. The maximum Gasteiger partial charge on any atom is 0.220 e. The van der Waals surface area contributed by atoms with Gasteiger partial charge in [0, 0.05) is 13.0 Å². The summed E-state index contributed by atoms with van der Waals surface area (Å²) in [5, 5.41) is 2.37. The van der Waals surface area contributed by atoms with E-state index >= 15 is 0 Å². The minimum atomic E-state index is -1.17. The van der Waals surface area contributed by atoms with Crippen molar-refractivity contribution in [3.8, 4) is 0 Å². The molecule has 1 N–H and O–H groups in total. The van der Waals surface area contributed by atoms with Crippen molar-refractivity contribution < 1.29 is 9.18 Å². The van der Waals surface area contributed by atoms with Gasteiger partial charge in [-0.3, -0.25) is 4.79 Å². The van der Waals surface area contributed by atoms with Crippen LogP contribution in [0.4, 0.5) is 4.39 Å². The molecule has 4 heteroatoms. The van der Waals surface area contributed by atoms with Gasteiger partial charge in [0.05, 0.1) is 5.38 Å². The fourth-order valence-corrected chi connectivity index (χ4v) is 2.28. The maximum absolute atomic E-state index is 13.6. The average molecular weight is 262 g/mol. The third-order valence-electron chi connectivity index (χ3n) is 3.13. The highest BCUT2D eigenvalue weighted by Gasteiger charge is 2.33. The summed E-state index contributed by atoms with van der Waals surface area (Å²) in [6.45, 7) is 8.47. The number of rotatable bonds is 4. The lowest BCUT2D eigenvalue weighted by atomic mass is 9.81. The zero-order valence-corrected chi connectivity index (χ0v) is 11.3. The van der Waals surface area contributed by atoms with E-state index in [2.05, 4.69) is 11.9 Å². The third kappa shape index (κ3) is 4.30. The van der Waals surface area contributed by atoms with Gasteiger partial charge in [0.1, 0.15) is 6.17 Å². The van der Waals surface area contributed by atoms with E-state index in [0.717, 1.165) is 6.42 Å². The number of allylic oxidation sites excluding steroid dienone is 1. The smallest absolute Gasteiger partial charge is 0.220 e. The molecule has 0 aromatic rings. The van der Waals surface area contributed by atoms with E-state index < -0.39 is 11.5 Å². The molecule has 0 bridgehead atoms. The van der Waals surface area contributed by atoms with Crippen LogP contribution < -0.4 is 5.32 Å². The second-order valence-electron chi connectivity index (χ2n) is 5.17. The molecule has 0 saturated heterocycles. The SMILES string of the molecule is C=C1C(CC(=O)NCC(C)C)CCC(Cl)C1F. The molecule has 1 aliphatic rings. The Morgan fingerprint density at radius 1 is 1.59 bits per heavy atom. The number of nitrogens with one attached hydrogen (secondary N) is 1. The minimum absolute atomic E-state index is 0.0231. The Hall–Kier alpha value is -0.570. The summed E-state index contributed by atoms with van der Waals surface area (Å²) in [7, 11) is 0. The summed E-state index contributed by atoms with van der Waals surface area (Å²) >= 11 is 5.83. The normalized spacial score (nSPS) is 29.5. The van der Waals surface area contributed by atoms with Crippen LogP contribution in [0.5, 0.6) is 0 Å². The monoisotopic (exact) mass is 261 g/mol. The lowest BCUT2D eigenvalue weighted by Gasteiger charge is -2.30. The molecule has 3 atom stereocenters. The molecule has 3 unspecified atom stereocenters. The number of carbonyl (C=O) groups excluding carboxylic acids is 1. The molecule has 0 aromatic heterocycles. The van der Waals surface area contributed by atoms with Crippen LogP contribution in [0.15, 0.2) is 12.2 Å². The van der Waals surface area contributed by atoms with Gasteiger partial charge in [-0.05, 0) is 30.3 Å². The first-order valence-electron chi connectivity index (χ1n) is 6.15. The Balaban J connectivity index is 2.41. The van der Waals surface area contributed by atoms with Crippen molar-refractivity contribution in [1.82, 2.24) is 5.32 Å². The fourth-order valence-electron chi connectivity index (χ4n) is 2.00. The van der Waals surface area contributed by atoms with Crippen LogP contribution in [-0.4, -0.2) is 24.0 Å². The lowest BCUT2D eigenvalue weighted by Crippen LogP contribution is -2.34. The molecule has 98 valence electrons. The molecule has 17 heavy (non-hydrogen) atoms. The van der Waals surface area contributed by atoms with Gasteiger partial charge in [-0.1, -0.05) is 20.4 Å². The van der Waals surface area contributed by atoms with Crippen LogP contribution in [0.2, 0.25) is 0 Å². The molecule has 0 spiro atoms. The van der Waals surface area contributed by atoms with E-state index in [-0.39, 0.29) is 11.8 Å². The summed E-state index contributed by atoms with van der Waals surface area (Å²) in [6, 6.07) is 0. The fraction of sp³-hybridized carbons (Fsp3) is 0.769. The summed E-state index contributed by atoms with van der Waals surface area (Å²) in [5.74, 6) is 0.340. The molecule has 0 aromatic carbocycles. The minimum Gasteiger partial charge on any atom is -0.356 e. The van der Waals surface area contributed by atoms with E-state index in [1.807, 2.05) is 13.8 Å². The maximum atomic E-state index is 13.6. The third-order valence-corrected chi connectivity index (χ3v) is 3.57. The Kier molecular flexibility index (Phi) is 5.44. The molecule has 1 amide bonds. The first kappa shape index (κ1) is 14.5. The van der Waals surface area contributed by atoms with Crippen LogP contribution in [0.1, 0.15) is 33.1 Å². The van der Waals surface area contributed by atoms with Gasteiger partial charge in [-0.25, -0.2) is 4.39 Å². The molecule has 2 nitrogen and oxygen atoms in total. The molecule has 1 rings (SSSR count). The van der Waals surface area contributed by atoms with E-state index in [0.29, 0.717) is 30.9 Å². The van der Waals surface area contributed by atoms with Crippen LogP contribution in [0.25, 0.3) is 0 Å². The zero-order chi connectivity index (χ0) is 13.0. The van der Waals surface area contributed by atoms with Crippen LogP contribution in [0.3, 0.4) is 0 Å². The number of halogens is 2. The van der Waals surface area contributed by atoms with E-state index in [1.54, 1.807) is 0 Å². The largest absolute Gasteiger partial charge is 0.356 e. The van der Waals surface area contributed by atoms with Gasteiger partial charge < -0.3 is 5.32 Å². The standard InChI is InChI=1S/C13H21ClFNO/c1-8(2)7-16-12(17)6-10-4-5-11(14)13(15)9(10)3/h8,10-11,13H,3-7H2,1-2H3,(H,16,17).